The number of benzene rings is 1. The number of hydrogen-bond donors (Lipinski definition) is 0. The largest absolute Gasteiger partial charge is 0.378 e. The molecule has 0 saturated carbocycles. The van der Waals surface area contributed by atoms with Crippen molar-refractivity contribution in [1.82, 2.24) is 9.97 Å². The van der Waals surface area contributed by atoms with Crippen molar-refractivity contribution in [2.24, 2.45) is 0 Å². The van der Waals surface area contributed by atoms with Gasteiger partial charge in [-0.15, -0.1) is 0 Å². The molecule has 0 aliphatic carbocycles. The summed E-state index contributed by atoms with van der Waals surface area (Å²) in [5, 5.41) is 1.09. The van der Waals surface area contributed by atoms with Crippen molar-refractivity contribution in [2.75, 3.05) is 31.2 Å². The van der Waals surface area contributed by atoms with Gasteiger partial charge in [-0.25, -0.2) is 9.97 Å². The smallest absolute Gasteiger partial charge is 0.140 e. The Balaban J connectivity index is 2.13. The first kappa shape index (κ1) is 10.5. The van der Waals surface area contributed by atoms with Crippen molar-refractivity contribution in [3.63, 3.8) is 0 Å². The third kappa shape index (κ3) is 1.96. The maximum Gasteiger partial charge on any atom is 0.140 e. The van der Waals surface area contributed by atoms with Crippen LogP contribution in [0.5, 0.6) is 0 Å². The molecule has 0 atom stereocenters. The summed E-state index contributed by atoms with van der Waals surface area (Å²) >= 11 is 0. The number of aromatic nitrogens is 2. The maximum atomic E-state index is 5.36. The number of nitrogens with zero attached hydrogens (tertiary/aromatic N) is 3. The van der Waals surface area contributed by atoms with Crippen LogP contribution < -0.4 is 4.90 Å². The molecule has 1 aromatic carbocycles. The number of ether oxygens (including phenoxy) is 1. The lowest BCUT2D eigenvalue weighted by molar-refractivity contribution is 0.122. The Hall–Kier alpha value is -1.68. The highest BCUT2D eigenvalue weighted by atomic mass is 16.5. The van der Waals surface area contributed by atoms with Crippen molar-refractivity contribution < 1.29 is 4.74 Å². The molecule has 3 rings (SSSR count). The molecule has 1 aliphatic heterocycles. The Morgan fingerprint density at radius 2 is 1.88 bits per heavy atom. The van der Waals surface area contributed by atoms with Crippen LogP contribution in [0.3, 0.4) is 0 Å². The number of morpholine rings is 1. The second-order valence-electron chi connectivity index (χ2n) is 4.08. The minimum absolute atomic E-state index is 0.574. The summed E-state index contributed by atoms with van der Waals surface area (Å²) in [6.45, 7) is 7.11. The average Bonchev–Trinajstić information content (AvgIpc) is 2.39. The second kappa shape index (κ2) is 4.30. The molecule has 4 nitrogen and oxygen atoms in total. The molecular weight excluding hydrogens is 214 g/mol. The summed E-state index contributed by atoms with van der Waals surface area (Å²) in [5.41, 5.74) is 0.953. The second-order valence-corrected chi connectivity index (χ2v) is 4.08. The van der Waals surface area contributed by atoms with E-state index in [2.05, 4.69) is 27.9 Å². The summed E-state index contributed by atoms with van der Waals surface area (Å²) in [6.07, 6.45) is 0. The molecule has 17 heavy (non-hydrogen) atoms. The Morgan fingerprint density at radius 1 is 1.12 bits per heavy atom. The highest BCUT2D eigenvalue weighted by Gasteiger charge is 2.15. The van der Waals surface area contributed by atoms with Gasteiger partial charge in [0.05, 0.1) is 18.7 Å². The maximum absolute atomic E-state index is 5.36. The van der Waals surface area contributed by atoms with Crippen LogP contribution in [-0.2, 0) is 4.74 Å². The Morgan fingerprint density at radius 3 is 2.71 bits per heavy atom. The van der Waals surface area contributed by atoms with Gasteiger partial charge in [0.15, 0.2) is 0 Å². The van der Waals surface area contributed by atoms with E-state index in [1.807, 2.05) is 18.2 Å². The molecule has 0 N–H and O–H groups in total. The molecule has 87 valence electrons. The third-order valence-corrected chi connectivity index (χ3v) is 2.94. The minimum atomic E-state index is 0.574. The predicted octanol–water partition coefficient (Wildman–Crippen LogP) is 1.65. The first-order chi connectivity index (χ1) is 8.34. The van der Waals surface area contributed by atoms with Gasteiger partial charge in [0.25, 0.3) is 0 Å². The van der Waals surface area contributed by atoms with Crippen molar-refractivity contribution in [3.05, 3.63) is 37.0 Å². The molecule has 1 aliphatic rings. The fourth-order valence-electron chi connectivity index (χ4n) is 2.12. The zero-order chi connectivity index (χ0) is 11.7. The minimum Gasteiger partial charge on any atom is -0.378 e. The number of anilines is 1. The zero-order valence-corrected chi connectivity index (χ0v) is 9.59. The van der Waals surface area contributed by atoms with E-state index in [4.69, 9.17) is 4.74 Å². The number of rotatable bonds is 1. The molecule has 0 spiro atoms. The van der Waals surface area contributed by atoms with Crippen LogP contribution in [0.15, 0.2) is 24.3 Å². The van der Waals surface area contributed by atoms with Crippen LogP contribution >= 0.6 is 0 Å². The number of para-hydroxylation sites is 1. The monoisotopic (exact) mass is 228 g/mol. The van der Waals surface area contributed by atoms with Gasteiger partial charge in [0, 0.05) is 25.4 Å². The summed E-state index contributed by atoms with van der Waals surface area (Å²) < 4.78 is 5.36. The molecule has 1 saturated heterocycles. The van der Waals surface area contributed by atoms with Gasteiger partial charge in [0.2, 0.25) is 0 Å². The van der Waals surface area contributed by atoms with Gasteiger partial charge >= 0.3 is 0 Å². The summed E-state index contributed by atoms with van der Waals surface area (Å²) in [6, 6.07) is 8.05. The Kier molecular flexibility index (Phi) is 2.65. The number of fused-ring (bicyclic) bond motifs is 1. The lowest BCUT2D eigenvalue weighted by Gasteiger charge is -2.28. The molecule has 4 heteroatoms. The standard InChI is InChI=1S/C13H14N3O/c1-10-14-12-5-3-2-4-11(12)13(15-10)16-6-8-17-9-7-16/h2-5H,1,6-9H2. The van der Waals surface area contributed by atoms with E-state index in [1.54, 1.807) is 0 Å². The van der Waals surface area contributed by atoms with Crippen molar-refractivity contribution >= 4 is 16.7 Å². The van der Waals surface area contributed by atoms with E-state index in [-0.39, 0.29) is 0 Å². The predicted molar refractivity (Wildman–Crippen MR) is 67.0 cm³/mol. The van der Waals surface area contributed by atoms with Crippen LogP contribution in [0.2, 0.25) is 0 Å². The lowest BCUT2D eigenvalue weighted by atomic mass is 10.2. The van der Waals surface area contributed by atoms with E-state index < -0.39 is 0 Å². The molecule has 1 radical (unpaired) electrons. The molecule has 2 aromatic rings. The highest BCUT2D eigenvalue weighted by Crippen LogP contribution is 2.24. The SMILES string of the molecule is [CH2]c1nc(N2CCOCC2)c2ccccc2n1. The zero-order valence-electron chi connectivity index (χ0n) is 9.59. The van der Waals surface area contributed by atoms with Gasteiger partial charge in [-0.1, -0.05) is 12.1 Å². The third-order valence-electron chi connectivity index (χ3n) is 2.94. The van der Waals surface area contributed by atoms with Crippen molar-refractivity contribution in [2.45, 2.75) is 0 Å². The summed E-state index contributed by atoms with van der Waals surface area (Å²) in [7, 11) is 0. The normalized spacial score (nSPS) is 16.4. The van der Waals surface area contributed by atoms with Gasteiger partial charge in [-0.05, 0) is 12.1 Å². The topological polar surface area (TPSA) is 38.2 Å². The first-order valence-electron chi connectivity index (χ1n) is 5.76. The van der Waals surface area contributed by atoms with Gasteiger partial charge in [-0.2, -0.15) is 0 Å². The Labute approximate surface area is 100 Å². The van der Waals surface area contributed by atoms with Crippen LogP contribution in [-0.4, -0.2) is 36.3 Å². The summed E-state index contributed by atoms with van der Waals surface area (Å²) in [4.78, 5) is 11.1. The fourth-order valence-corrected chi connectivity index (χ4v) is 2.12. The lowest BCUT2D eigenvalue weighted by Crippen LogP contribution is -2.37. The molecule has 1 fully saturated rings. The molecule has 0 amide bonds. The van der Waals surface area contributed by atoms with Crippen molar-refractivity contribution in [1.29, 1.82) is 0 Å². The van der Waals surface area contributed by atoms with Gasteiger partial charge in [0.1, 0.15) is 11.6 Å². The Bertz CT molecular complexity index is 535. The highest BCUT2D eigenvalue weighted by molar-refractivity contribution is 5.89. The number of hydrogen-bond acceptors (Lipinski definition) is 4. The molecule has 1 aromatic heterocycles. The first-order valence-corrected chi connectivity index (χ1v) is 5.76. The van der Waals surface area contributed by atoms with E-state index in [9.17, 15) is 0 Å². The van der Waals surface area contributed by atoms with Gasteiger partial charge < -0.3 is 9.64 Å². The van der Waals surface area contributed by atoms with Crippen LogP contribution in [0.25, 0.3) is 10.9 Å². The molecule has 0 unspecified atom stereocenters. The van der Waals surface area contributed by atoms with E-state index >= 15 is 0 Å². The van der Waals surface area contributed by atoms with E-state index in [0.29, 0.717) is 5.82 Å². The molecule has 0 bridgehead atoms. The molecule has 2 heterocycles. The van der Waals surface area contributed by atoms with E-state index in [0.717, 1.165) is 43.0 Å². The van der Waals surface area contributed by atoms with Crippen LogP contribution in [0.1, 0.15) is 5.82 Å². The molecular formula is C13H14N3O. The van der Waals surface area contributed by atoms with Crippen molar-refractivity contribution in [3.8, 4) is 0 Å². The quantitative estimate of drug-likeness (QED) is 0.744. The average molecular weight is 228 g/mol. The van der Waals surface area contributed by atoms with Crippen LogP contribution in [0.4, 0.5) is 5.82 Å². The van der Waals surface area contributed by atoms with E-state index in [1.165, 1.54) is 0 Å². The van der Waals surface area contributed by atoms with Gasteiger partial charge in [-0.3, -0.25) is 0 Å². The summed E-state index contributed by atoms with van der Waals surface area (Å²) in [5.74, 6) is 1.55. The van der Waals surface area contributed by atoms with Crippen LogP contribution in [0, 0.1) is 6.92 Å². The fraction of sp³-hybridized carbons (Fsp3) is 0.308.